The first-order valence-corrected chi connectivity index (χ1v) is 11.6. The van der Waals surface area contributed by atoms with Gasteiger partial charge in [-0.15, -0.1) is 0 Å². The van der Waals surface area contributed by atoms with Gasteiger partial charge in [0.1, 0.15) is 11.6 Å². The summed E-state index contributed by atoms with van der Waals surface area (Å²) < 4.78 is 0. The third-order valence-corrected chi connectivity index (χ3v) is 5.51. The zero-order valence-corrected chi connectivity index (χ0v) is 20.5. The van der Waals surface area contributed by atoms with Gasteiger partial charge in [-0.05, 0) is 47.7 Å². The number of benzene rings is 3. The molecule has 0 radical (unpaired) electrons. The number of nitrogens with zero attached hydrogens (tertiary/aromatic N) is 2. The topological polar surface area (TPSA) is 66.9 Å². The summed E-state index contributed by atoms with van der Waals surface area (Å²) in [6.45, 7) is 8.42. The number of rotatable bonds is 6. The molecule has 2 N–H and O–H groups in total. The maximum atomic E-state index is 12.5. The number of aromatic nitrogens is 2. The third kappa shape index (κ3) is 6.64. The smallest absolute Gasteiger partial charge is 0.248 e. The maximum absolute atomic E-state index is 12.5. The van der Waals surface area contributed by atoms with Gasteiger partial charge in [0, 0.05) is 29.1 Å². The second-order valence-corrected chi connectivity index (χ2v) is 9.45. The summed E-state index contributed by atoms with van der Waals surface area (Å²) in [5, 5.41) is 6.25. The molecule has 0 aliphatic rings. The van der Waals surface area contributed by atoms with E-state index in [4.69, 9.17) is 0 Å². The van der Waals surface area contributed by atoms with Gasteiger partial charge >= 0.3 is 0 Å². The number of carbonyl (C=O) groups excluding carboxylic acids is 1. The van der Waals surface area contributed by atoms with Crippen LogP contribution in [0.1, 0.15) is 37.7 Å². The Hall–Kier alpha value is -4.25. The molecule has 0 saturated carbocycles. The van der Waals surface area contributed by atoms with Gasteiger partial charge < -0.3 is 10.6 Å². The van der Waals surface area contributed by atoms with Crippen molar-refractivity contribution in [2.24, 2.45) is 0 Å². The number of hydrogen-bond acceptors (Lipinski definition) is 4. The molecule has 1 amide bonds. The van der Waals surface area contributed by atoms with Gasteiger partial charge in [-0.2, -0.15) is 0 Å². The first-order chi connectivity index (χ1) is 16.8. The van der Waals surface area contributed by atoms with Crippen molar-refractivity contribution in [3.8, 4) is 11.3 Å². The van der Waals surface area contributed by atoms with Crippen LogP contribution in [0.4, 0.5) is 17.2 Å². The van der Waals surface area contributed by atoms with Crippen LogP contribution in [-0.2, 0) is 10.2 Å². The first kappa shape index (κ1) is 23.9. The van der Waals surface area contributed by atoms with Gasteiger partial charge in [0.25, 0.3) is 0 Å². The van der Waals surface area contributed by atoms with E-state index in [0.29, 0.717) is 17.3 Å². The summed E-state index contributed by atoms with van der Waals surface area (Å²) in [6, 6.07) is 27.7. The van der Waals surface area contributed by atoms with Gasteiger partial charge in [0.15, 0.2) is 0 Å². The number of nitrogens with one attached hydrogen (secondary N) is 2. The van der Waals surface area contributed by atoms with E-state index >= 15 is 0 Å². The molecule has 1 heterocycles. The first-order valence-electron chi connectivity index (χ1n) is 11.6. The van der Waals surface area contributed by atoms with Crippen molar-refractivity contribution >= 4 is 29.2 Å². The average molecular weight is 463 g/mol. The monoisotopic (exact) mass is 462 g/mol. The molecule has 0 fully saturated rings. The van der Waals surface area contributed by atoms with Crippen molar-refractivity contribution in [2.45, 2.75) is 33.1 Å². The fraction of sp³-hybridized carbons (Fsp3) is 0.167. The van der Waals surface area contributed by atoms with E-state index in [-0.39, 0.29) is 11.3 Å². The van der Waals surface area contributed by atoms with Crippen LogP contribution >= 0.6 is 0 Å². The van der Waals surface area contributed by atoms with Crippen LogP contribution in [0.2, 0.25) is 0 Å². The fourth-order valence-corrected chi connectivity index (χ4v) is 3.66. The van der Waals surface area contributed by atoms with Gasteiger partial charge in [-0.1, -0.05) is 81.4 Å². The van der Waals surface area contributed by atoms with Crippen molar-refractivity contribution in [2.75, 3.05) is 10.6 Å². The van der Waals surface area contributed by atoms with Crippen LogP contribution in [0.5, 0.6) is 0 Å². The highest BCUT2D eigenvalue weighted by atomic mass is 16.1. The molecule has 0 aliphatic heterocycles. The van der Waals surface area contributed by atoms with E-state index < -0.39 is 0 Å². The molecule has 5 nitrogen and oxygen atoms in total. The van der Waals surface area contributed by atoms with Gasteiger partial charge in [0.2, 0.25) is 5.91 Å². The van der Waals surface area contributed by atoms with Crippen LogP contribution in [-0.4, -0.2) is 15.9 Å². The zero-order valence-electron chi connectivity index (χ0n) is 20.5. The third-order valence-electron chi connectivity index (χ3n) is 5.51. The molecule has 176 valence electrons. The predicted octanol–water partition coefficient (Wildman–Crippen LogP) is 7.15. The van der Waals surface area contributed by atoms with E-state index in [2.05, 4.69) is 53.5 Å². The summed E-state index contributed by atoms with van der Waals surface area (Å²) in [5.74, 6) is 1.18. The number of carbonyl (C=O) groups is 1. The standard InChI is InChI=1S/C30H30N4O/c1-21-31-27(23-9-6-5-7-10-23)20-28(32-21)33-25-11-8-12-26(19-25)34-29(35)18-15-22-13-16-24(17-14-22)30(2,3)4/h5-20H,1-4H3,(H,34,35)(H,31,32,33)/b18-15+. The molecule has 35 heavy (non-hydrogen) atoms. The van der Waals surface area contributed by atoms with E-state index in [1.165, 1.54) is 5.56 Å². The van der Waals surface area contributed by atoms with Crippen LogP contribution in [0, 0.1) is 6.92 Å². The van der Waals surface area contributed by atoms with Crippen molar-refractivity contribution in [1.29, 1.82) is 0 Å². The lowest BCUT2D eigenvalue weighted by Gasteiger charge is -2.18. The molecule has 4 aromatic rings. The molecular formula is C30H30N4O. The highest BCUT2D eigenvalue weighted by Gasteiger charge is 2.12. The summed E-state index contributed by atoms with van der Waals surface area (Å²) >= 11 is 0. The molecule has 0 saturated heterocycles. The lowest BCUT2D eigenvalue weighted by atomic mass is 9.87. The summed E-state index contributed by atoms with van der Waals surface area (Å²) in [7, 11) is 0. The Morgan fingerprint density at radius 3 is 2.26 bits per heavy atom. The Labute approximate surface area is 207 Å². The minimum absolute atomic E-state index is 0.103. The maximum Gasteiger partial charge on any atom is 0.248 e. The van der Waals surface area contributed by atoms with Crippen molar-refractivity contribution in [3.05, 3.63) is 108 Å². The lowest BCUT2D eigenvalue weighted by molar-refractivity contribution is -0.111. The summed E-state index contributed by atoms with van der Waals surface area (Å²) in [4.78, 5) is 21.5. The van der Waals surface area contributed by atoms with Crippen molar-refractivity contribution in [3.63, 3.8) is 0 Å². The number of aryl methyl sites for hydroxylation is 1. The van der Waals surface area contributed by atoms with Crippen molar-refractivity contribution < 1.29 is 4.79 Å². The van der Waals surface area contributed by atoms with Crippen LogP contribution in [0.3, 0.4) is 0 Å². The summed E-state index contributed by atoms with van der Waals surface area (Å²) in [6.07, 6.45) is 3.37. The number of hydrogen-bond donors (Lipinski definition) is 2. The molecule has 0 unspecified atom stereocenters. The highest BCUT2D eigenvalue weighted by Crippen LogP contribution is 2.24. The second kappa shape index (κ2) is 10.3. The lowest BCUT2D eigenvalue weighted by Crippen LogP contribution is -2.10. The SMILES string of the molecule is Cc1nc(Nc2cccc(NC(=O)/C=C/c3ccc(C(C)(C)C)cc3)c2)cc(-c2ccccc2)n1. The minimum Gasteiger partial charge on any atom is -0.340 e. The molecule has 5 heteroatoms. The predicted molar refractivity (Wildman–Crippen MR) is 145 cm³/mol. The largest absolute Gasteiger partial charge is 0.340 e. The second-order valence-electron chi connectivity index (χ2n) is 9.45. The van der Waals surface area contributed by atoms with E-state index in [1.54, 1.807) is 6.08 Å². The normalized spacial score (nSPS) is 11.4. The van der Waals surface area contributed by atoms with E-state index in [1.807, 2.05) is 85.8 Å². The quantitative estimate of drug-likeness (QED) is 0.299. The number of amides is 1. The Kier molecular flexibility index (Phi) is 7.06. The Morgan fingerprint density at radius 1 is 0.829 bits per heavy atom. The summed E-state index contributed by atoms with van der Waals surface area (Å²) in [5.41, 5.74) is 5.75. The Morgan fingerprint density at radius 2 is 1.54 bits per heavy atom. The molecule has 0 bridgehead atoms. The highest BCUT2D eigenvalue weighted by molar-refractivity contribution is 6.02. The molecule has 4 rings (SSSR count). The molecule has 3 aromatic carbocycles. The van der Waals surface area contributed by atoms with Gasteiger partial charge in [-0.25, -0.2) is 9.97 Å². The van der Waals surface area contributed by atoms with Crippen LogP contribution in [0.15, 0.2) is 91.0 Å². The van der Waals surface area contributed by atoms with Crippen molar-refractivity contribution in [1.82, 2.24) is 9.97 Å². The van der Waals surface area contributed by atoms with Crippen LogP contribution in [0.25, 0.3) is 17.3 Å². The number of anilines is 3. The molecule has 0 spiro atoms. The molecule has 0 atom stereocenters. The average Bonchev–Trinajstić information content (AvgIpc) is 2.83. The molecular weight excluding hydrogens is 432 g/mol. The van der Waals surface area contributed by atoms with E-state index in [9.17, 15) is 4.79 Å². The van der Waals surface area contributed by atoms with Gasteiger partial charge in [-0.3, -0.25) is 4.79 Å². The van der Waals surface area contributed by atoms with Crippen LogP contribution < -0.4 is 10.6 Å². The van der Waals surface area contributed by atoms with Gasteiger partial charge in [0.05, 0.1) is 5.69 Å². The molecule has 0 aliphatic carbocycles. The Balaban J connectivity index is 1.43. The fourth-order valence-electron chi connectivity index (χ4n) is 3.66. The molecule has 1 aromatic heterocycles. The minimum atomic E-state index is -0.189. The Bertz CT molecular complexity index is 1340. The zero-order chi connectivity index (χ0) is 24.8. The van der Waals surface area contributed by atoms with E-state index in [0.717, 1.165) is 22.5 Å².